The molecule has 0 aliphatic rings. The van der Waals surface area contributed by atoms with Gasteiger partial charge in [0.25, 0.3) is 0 Å². The molecule has 5 nitrogen and oxygen atoms in total. The molecular weight excluding hydrogens is 335 g/mol. The Morgan fingerprint density at radius 3 is 2.42 bits per heavy atom. The molecule has 1 amide bonds. The van der Waals surface area contributed by atoms with E-state index in [0.29, 0.717) is 19.7 Å². The van der Waals surface area contributed by atoms with Crippen LogP contribution >= 0.6 is 0 Å². The fourth-order valence-corrected chi connectivity index (χ4v) is 2.40. The van der Waals surface area contributed by atoms with Crippen LogP contribution in [0.15, 0.2) is 48.5 Å². The molecule has 0 aromatic heterocycles. The Kier molecular flexibility index (Phi) is 7.41. The van der Waals surface area contributed by atoms with Crippen molar-refractivity contribution >= 4 is 5.91 Å². The fraction of sp³-hybridized carbons (Fsp3) is 0.350. The van der Waals surface area contributed by atoms with Crippen molar-refractivity contribution in [2.45, 2.75) is 6.54 Å². The van der Waals surface area contributed by atoms with Crippen LogP contribution in [-0.2, 0) is 11.3 Å². The number of halogens is 1. The summed E-state index contributed by atoms with van der Waals surface area (Å²) in [7, 11) is 5.23. The summed E-state index contributed by atoms with van der Waals surface area (Å²) in [5, 5.41) is 0. The quantitative estimate of drug-likeness (QED) is 0.690. The number of rotatable bonds is 9. The fourth-order valence-electron chi connectivity index (χ4n) is 2.40. The molecule has 2 aromatic rings. The van der Waals surface area contributed by atoms with Crippen molar-refractivity contribution in [3.8, 4) is 11.5 Å². The smallest absolute Gasteiger partial charge is 0.236 e. The molecule has 0 aliphatic carbocycles. The maximum atomic E-state index is 13.5. The summed E-state index contributed by atoms with van der Waals surface area (Å²) in [4.78, 5) is 15.9. The molecule has 0 bridgehead atoms. The molecule has 0 atom stereocenters. The molecule has 0 unspecified atom stereocenters. The number of likely N-dealkylation sites (N-methyl/N-ethyl adjacent to an activating group) is 2. The van der Waals surface area contributed by atoms with Crippen molar-refractivity contribution < 1.29 is 18.7 Å². The van der Waals surface area contributed by atoms with Gasteiger partial charge in [-0.25, -0.2) is 4.39 Å². The number of benzene rings is 2. The van der Waals surface area contributed by atoms with E-state index < -0.39 is 0 Å². The Balaban J connectivity index is 1.74. The second kappa shape index (κ2) is 9.77. The zero-order valence-corrected chi connectivity index (χ0v) is 15.4. The van der Waals surface area contributed by atoms with Gasteiger partial charge in [0.1, 0.15) is 12.4 Å². The summed E-state index contributed by atoms with van der Waals surface area (Å²) in [5.74, 6) is 0.640. The van der Waals surface area contributed by atoms with Crippen molar-refractivity contribution in [1.82, 2.24) is 9.80 Å². The van der Waals surface area contributed by atoms with Crippen LogP contribution in [0.5, 0.6) is 11.5 Å². The number of nitrogens with zero attached hydrogens (tertiary/aromatic N) is 2. The van der Waals surface area contributed by atoms with Crippen LogP contribution in [-0.4, -0.2) is 56.6 Å². The Hall–Kier alpha value is -2.60. The number of carbonyl (C=O) groups excluding carboxylic acids is 1. The van der Waals surface area contributed by atoms with Crippen molar-refractivity contribution in [3.63, 3.8) is 0 Å². The third-order valence-corrected chi connectivity index (χ3v) is 3.98. The van der Waals surface area contributed by atoms with Crippen LogP contribution in [0.2, 0.25) is 0 Å². The van der Waals surface area contributed by atoms with Gasteiger partial charge in [-0.1, -0.05) is 24.3 Å². The van der Waals surface area contributed by atoms with Crippen LogP contribution in [0.4, 0.5) is 4.39 Å². The largest absolute Gasteiger partial charge is 0.497 e. The molecule has 0 aliphatic heterocycles. The SMILES string of the molecule is COc1ccc(CN(C)C(=O)CN(C)CCOc2ccccc2F)cc1. The second-order valence-corrected chi connectivity index (χ2v) is 6.11. The monoisotopic (exact) mass is 360 g/mol. The average molecular weight is 360 g/mol. The first-order chi connectivity index (χ1) is 12.5. The van der Waals surface area contributed by atoms with Crippen LogP contribution in [0.1, 0.15) is 5.56 Å². The minimum absolute atomic E-state index is 0.00853. The van der Waals surface area contributed by atoms with E-state index in [1.807, 2.05) is 36.2 Å². The molecule has 6 heteroatoms. The standard InChI is InChI=1S/C20H25FN2O3/c1-22(12-13-26-19-7-5-4-6-18(19)21)15-20(24)23(2)14-16-8-10-17(25-3)11-9-16/h4-11H,12-15H2,1-3H3. The number of hydrogen-bond acceptors (Lipinski definition) is 4. The Morgan fingerprint density at radius 2 is 1.77 bits per heavy atom. The summed E-state index contributed by atoms with van der Waals surface area (Å²) in [5.41, 5.74) is 1.03. The zero-order chi connectivity index (χ0) is 18.9. The summed E-state index contributed by atoms with van der Waals surface area (Å²) in [6.07, 6.45) is 0. The summed E-state index contributed by atoms with van der Waals surface area (Å²) < 4.78 is 24.0. The average Bonchev–Trinajstić information content (AvgIpc) is 2.64. The van der Waals surface area contributed by atoms with Gasteiger partial charge in [-0.05, 0) is 36.9 Å². The molecule has 2 aromatic carbocycles. The van der Waals surface area contributed by atoms with Gasteiger partial charge in [0.2, 0.25) is 5.91 Å². The van der Waals surface area contributed by atoms with Crippen molar-refractivity contribution in [1.29, 1.82) is 0 Å². The highest BCUT2D eigenvalue weighted by atomic mass is 19.1. The van der Waals surface area contributed by atoms with E-state index in [1.165, 1.54) is 6.07 Å². The van der Waals surface area contributed by atoms with E-state index in [0.717, 1.165) is 11.3 Å². The topological polar surface area (TPSA) is 42.0 Å². The lowest BCUT2D eigenvalue weighted by Crippen LogP contribution is -2.37. The maximum Gasteiger partial charge on any atom is 0.236 e. The molecule has 0 radical (unpaired) electrons. The first kappa shape index (κ1) is 19.7. The van der Waals surface area contributed by atoms with Crippen molar-refractivity contribution in [2.75, 3.05) is 40.9 Å². The third-order valence-electron chi connectivity index (χ3n) is 3.98. The van der Waals surface area contributed by atoms with Gasteiger partial charge in [0, 0.05) is 20.1 Å². The first-order valence-electron chi connectivity index (χ1n) is 8.42. The number of para-hydroxylation sites is 1. The summed E-state index contributed by atoms with van der Waals surface area (Å²) in [6, 6.07) is 13.9. The van der Waals surface area contributed by atoms with Crippen LogP contribution < -0.4 is 9.47 Å². The molecule has 26 heavy (non-hydrogen) atoms. The molecule has 0 spiro atoms. The highest BCUT2D eigenvalue weighted by Gasteiger charge is 2.12. The minimum Gasteiger partial charge on any atom is -0.497 e. The predicted octanol–water partition coefficient (Wildman–Crippen LogP) is 2.80. The molecule has 0 heterocycles. The normalized spacial score (nSPS) is 10.7. The Morgan fingerprint density at radius 1 is 1.08 bits per heavy atom. The third kappa shape index (κ3) is 6.04. The van der Waals surface area contributed by atoms with Crippen molar-refractivity contribution in [3.05, 3.63) is 59.9 Å². The molecule has 0 N–H and O–H groups in total. The van der Waals surface area contributed by atoms with E-state index in [2.05, 4.69) is 0 Å². The lowest BCUT2D eigenvalue weighted by atomic mass is 10.2. The maximum absolute atomic E-state index is 13.5. The predicted molar refractivity (Wildman–Crippen MR) is 98.9 cm³/mol. The second-order valence-electron chi connectivity index (χ2n) is 6.11. The van der Waals surface area contributed by atoms with Gasteiger partial charge in [0.05, 0.1) is 13.7 Å². The van der Waals surface area contributed by atoms with E-state index in [9.17, 15) is 9.18 Å². The van der Waals surface area contributed by atoms with Crippen LogP contribution in [0.25, 0.3) is 0 Å². The zero-order valence-electron chi connectivity index (χ0n) is 15.4. The molecule has 0 saturated heterocycles. The molecule has 0 fully saturated rings. The number of ether oxygens (including phenoxy) is 2. The van der Waals surface area contributed by atoms with Gasteiger partial charge < -0.3 is 14.4 Å². The highest BCUT2D eigenvalue weighted by Crippen LogP contribution is 2.15. The van der Waals surface area contributed by atoms with Gasteiger partial charge in [-0.3, -0.25) is 9.69 Å². The number of hydrogen-bond donors (Lipinski definition) is 0. The van der Waals surface area contributed by atoms with Crippen LogP contribution in [0.3, 0.4) is 0 Å². The van der Waals surface area contributed by atoms with Gasteiger partial charge in [-0.2, -0.15) is 0 Å². The first-order valence-corrected chi connectivity index (χ1v) is 8.42. The molecule has 2 rings (SSSR count). The Labute approximate surface area is 153 Å². The van der Waals surface area contributed by atoms with Gasteiger partial charge in [0.15, 0.2) is 11.6 Å². The number of carbonyl (C=O) groups is 1. The summed E-state index contributed by atoms with van der Waals surface area (Å²) in [6.45, 7) is 1.64. The lowest BCUT2D eigenvalue weighted by Gasteiger charge is -2.22. The lowest BCUT2D eigenvalue weighted by molar-refractivity contribution is -0.131. The Bertz CT molecular complexity index is 706. The van der Waals surface area contributed by atoms with Crippen molar-refractivity contribution in [2.24, 2.45) is 0 Å². The molecular formula is C20H25FN2O3. The van der Waals surface area contributed by atoms with E-state index in [4.69, 9.17) is 9.47 Å². The highest BCUT2D eigenvalue weighted by molar-refractivity contribution is 5.77. The number of amides is 1. The minimum atomic E-state index is -0.384. The number of methoxy groups -OCH3 is 1. The van der Waals surface area contributed by atoms with E-state index >= 15 is 0 Å². The van der Waals surface area contributed by atoms with E-state index in [-0.39, 0.29) is 24.0 Å². The summed E-state index contributed by atoms with van der Waals surface area (Å²) >= 11 is 0. The van der Waals surface area contributed by atoms with Gasteiger partial charge in [-0.15, -0.1) is 0 Å². The van der Waals surface area contributed by atoms with Crippen LogP contribution in [0, 0.1) is 5.82 Å². The van der Waals surface area contributed by atoms with Gasteiger partial charge >= 0.3 is 0 Å². The molecule has 140 valence electrons. The molecule has 0 saturated carbocycles. The van der Waals surface area contributed by atoms with E-state index in [1.54, 1.807) is 37.3 Å².